The molecule has 0 aliphatic carbocycles. The van der Waals surface area contributed by atoms with Gasteiger partial charge < -0.3 is 14.8 Å². The van der Waals surface area contributed by atoms with Crippen molar-refractivity contribution in [2.24, 2.45) is 0 Å². The first-order chi connectivity index (χ1) is 10.5. The van der Waals surface area contributed by atoms with Crippen LogP contribution in [-0.4, -0.2) is 20.1 Å². The largest absolute Gasteiger partial charge is 0.497 e. The summed E-state index contributed by atoms with van der Waals surface area (Å²) < 4.78 is 23.3. The van der Waals surface area contributed by atoms with Gasteiger partial charge in [-0.2, -0.15) is 0 Å². The van der Waals surface area contributed by atoms with Gasteiger partial charge in [0.15, 0.2) is 0 Å². The molecule has 0 bridgehead atoms. The number of rotatable bonds is 5. The maximum atomic E-state index is 12.9. The van der Waals surface area contributed by atoms with E-state index in [-0.39, 0.29) is 17.8 Å². The lowest BCUT2D eigenvalue weighted by Gasteiger charge is -2.16. The van der Waals surface area contributed by atoms with Crippen LogP contribution in [0.2, 0.25) is 0 Å². The molecule has 2 rings (SSSR count). The number of halogens is 1. The fourth-order valence-corrected chi connectivity index (χ4v) is 2.10. The zero-order valence-electron chi connectivity index (χ0n) is 12.7. The van der Waals surface area contributed by atoms with E-state index in [1.165, 1.54) is 26.4 Å². The van der Waals surface area contributed by atoms with Gasteiger partial charge in [0.2, 0.25) is 0 Å². The van der Waals surface area contributed by atoms with Gasteiger partial charge in [-0.05, 0) is 42.8 Å². The van der Waals surface area contributed by atoms with Gasteiger partial charge in [-0.3, -0.25) is 4.79 Å². The first kappa shape index (κ1) is 15.8. The lowest BCUT2D eigenvalue weighted by molar-refractivity contribution is 0.0936. The Morgan fingerprint density at radius 3 is 2.36 bits per heavy atom. The van der Waals surface area contributed by atoms with E-state index in [0.717, 1.165) is 5.56 Å². The van der Waals surface area contributed by atoms with Gasteiger partial charge >= 0.3 is 0 Å². The van der Waals surface area contributed by atoms with Crippen molar-refractivity contribution >= 4 is 5.91 Å². The minimum Gasteiger partial charge on any atom is -0.497 e. The molecule has 1 atom stereocenters. The number of carbonyl (C=O) groups is 1. The van der Waals surface area contributed by atoms with Crippen LogP contribution in [0.5, 0.6) is 11.5 Å². The summed E-state index contributed by atoms with van der Waals surface area (Å²) in [6.07, 6.45) is 0. The van der Waals surface area contributed by atoms with Crippen molar-refractivity contribution in [3.63, 3.8) is 0 Å². The molecule has 4 nitrogen and oxygen atoms in total. The number of carbonyl (C=O) groups excluding carboxylic acids is 1. The van der Waals surface area contributed by atoms with E-state index in [2.05, 4.69) is 5.32 Å². The fraction of sp³-hybridized carbons (Fsp3) is 0.235. The topological polar surface area (TPSA) is 47.6 Å². The number of hydrogen-bond acceptors (Lipinski definition) is 3. The summed E-state index contributed by atoms with van der Waals surface area (Å²) in [4.78, 5) is 12.4. The Labute approximate surface area is 128 Å². The predicted octanol–water partition coefficient (Wildman–Crippen LogP) is 3.33. The molecule has 0 aliphatic rings. The van der Waals surface area contributed by atoms with Crippen LogP contribution < -0.4 is 14.8 Å². The lowest BCUT2D eigenvalue weighted by atomic mass is 10.1. The average Bonchev–Trinajstić information content (AvgIpc) is 2.54. The van der Waals surface area contributed by atoms with Crippen LogP contribution in [-0.2, 0) is 0 Å². The second-order valence-electron chi connectivity index (χ2n) is 4.81. The smallest absolute Gasteiger partial charge is 0.255 e. The number of amides is 1. The third-order valence-corrected chi connectivity index (χ3v) is 3.37. The van der Waals surface area contributed by atoms with Crippen LogP contribution in [0, 0.1) is 5.82 Å². The van der Waals surface area contributed by atoms with Crippen molar-refractivity contribution in [1.82, 2.24) is 5.32 Å². The molecule has 0 aromatic heterocycles. The second kappa shape index (κ2) is 6.93. The first-order valence-corrected chi connectivity index (χ1v) is 6.83. The van der Waals surface area contributed by atoms with E-state index in [9.17, 15) is 9.18 Å². The van der Waals surface area contributed by atoms with Gasteiger partial charge in [-0.25, -0.2) is 4.39 Å². The Morgan fingerprint density at radius 2 is 1.77 bits per heavy atom. The molecule has 1 unspecified atom stereocenters. The molecular formula is C17H18FNO3. The Balaban J connectivity index is 2.19. The van der Waals surface area contributed by atoms with Crippen LogP contribution in [0.1, 0.15) is 28.9 Å². The summed E-state index contributed by atoms with van der Waals surface area (Å²) in [6.45, 7) is 1.83. The monoisotopic (exact) mass is 303 g/mol. The zero-order chi connectivity index (χ0) is 16.1. The van der Waals surface area contributed by atoms with Crippen molar-refractivity contribution in [2.75, 3.05) is 14.2 Å². The highest BCUT2D eigenvalue weighted by atomic mass is 19.1. The third kappa shape index (κ3) is 3.55. The minimum absolute atomic E-state index is 0.260. The molecule has 0 saturated heterocycles. The summed E-state index contributed by atoms with van der Waals surface area (Å²) in [7, 11) is 3.03. The molecule has 116 valence electrons. The fourth-order valence-electron chi connectivity index (χ4n) is 2.10. The van der Waals surface area contributed by atoms with Gasteiger partial charge in [0, 0.05) is 0 Å². The van der Waals surface area contributed by atoms with Crippen molar-refractivity contribution in [2.45, 2.75) is 13.0 Å². The van der Waals surface area contributed by atoms with Gasteiger partial charge in [-0.15, -0.1) is 0 Å². The average molecular weight is 303 g/mol. The van der Waals surface area contributed by atoms with Crippen molar-refractivity contribution < 1.29 is 18.7 Å². The lowest BCUT2D eigenvalue weighted by Crippen LogP contribution is -2.27. The van der Waals surface area contributed by atoms with E-state index in [0.29, 0.717) is 17.1 Å². The second-order valence-corrected chi connectivity index (χ2v) is 4.81. The molecule has 2 aromatic carbocycles. The van der Waals surface area contributed by atoms with E-state index >= 15 is 0 Å². The number of benzene rings is 2. The standard InChI is InChI=1S/C17H18FNO3/c1-11(12-4-6-13(18)7-5-12)19-17(20)15-10-14(21-2)8-9-16(15)22-3/h4-11H,1-3H3,(H,19,20). The van der Waals surface area contributed by atoms with Crippen molar-refractivity contribution in [1.29, 1.82) is 0 Å². The molecule has 0 aliphatic heterocycles. The molecule has 0 radical (unpaired) electrons. The molecule has 0 heterocycles. The molecular weight excluding hydrogens is 285 g/mol. The van der Waals surface area contributed by atoms with E-state index in [4.69, 9.17) is 9.47 Å². The summed E-state index contributed by atoms with van der Waals surface area (Å²) in [5.74, 6) is 0.439. The number of ether oxygens (including phenoxy) is 2. The maximum absolute atomic E-state index is 12.9. The van der Waals surface area contributed by atoms with E-state index in [1.54, 1.807) is 30.3 Å². The molecule has 5 heteroatoms. The highest BCUT2D eigenvalue weighted by Gasteiger charge is 2.16. The molecule has 1 N–H and O–H groups in total. The highest BCUT2D eigenvalue weighted by molar-refractivity contribution is 5.97. The summed E-state index contributed by atoms with van der Waals surface area (Å²) >= 11 is 0. The summed E-state index contributed by atoms with van der Waals surface area (Å²) in [6, 6.07) is 10.8. The van der Waals surface area contributed by atoms with Gasteiger partial charge in [-0.1, -0.05) is 12.1 Å². The molecule has 0 saturated carbocycles. The van der Waals surface area contributed by atoms with Crippen LogP contribution in [0.25, 0.3) is 0 Å². The van der Waals surface area contributed by atoms with Gasteiger partial charge in [0.25, 0.3) is 5.91 Å². The molecule has 0 spiro atoms. The minimum atomic E-state index is -0.309. The summed E-state index contributed by atoms with van der Waals surface area (Å²) in [5.41, 5.74) is 1.20. The number of hydrogen-bond donors (Lipinski definition) is 1. The molecule has 0 fully saturated rings. The van der Waals surface area contributed by atoms with Gasteiger partial charge in [0.1, 0.15) is 17.3 Å². The Bertz CT molecular complexity index is 655. The maximum Gasteiger partial charge on any atom is 0.255 e. The van der Waals surface area contributed by atoms with E-state index in [1.807, 2.05) is 6.92 Å². The number of methoxy groups -OCH3 is 2. The van der Waals surface area contributed by atoms with Crippen LogP contribution in [0.3, 0.4) is 0 Å². The third-order valence-electron chi connectivity index (χ3n) is 3.37. The Kier molecular flexibility index (Phi) is 4.99. The Hall–Kier alpha value is -2.56. The highest BCUT2D eigenvalue weighted by Crippen LogP contribution is 2.24. The quantitative estimate of drug-likeness (QED) is 0.921. The van der Waals surface area contributed by atoms with E-state index < -0.39 is 0 Å². The Morgan fingerprint density at radius 1 is 1.09 bits per heavy atom. The normalized spacial score (nSPS) is 11.6. The SMILES string of the molecule is COc1ccc(OC)c(C(=O)NC(C)c2ccc(F)cc2)c1. The van der Waals surface area contributed by atoms with Gasteiger partial charge in [0.05, 0.1) is 25.8 Å². The van der Waals surface area contributed by atoms with Crippen LogP contribution >= 0.6 is 0 Å². The molecule has 2 aromatic rings. The van der Waals surface area contributed by atoms with Crippen LogP contribution in [0.4, 0.5) is 4.39 Å². The first-order valence-electron chi connectivity index (χ1n) is 6.83. The summed E-state index contributed by atoms with van der Waals surface area (Å²) in [5, 5.41) is 2.86. The molecule has 22 heavy (non-hydrogen) atoms. The number of nitrogens with one attached hydrogen (secondary N) is 1. The van der Waals surface area contributed by atoms with Crippen LogP contribution in [0.15, 0.2) is 42.5 Å². The zero-order valence-corrected chi connectivity index (χ0v) is 12.7. The predicted molar refractivity (Wildman–Crippen MR) is 81.8 cm³/mol. The van der Waals surface area contributed by atoms with Crippen molar-refractivity contribution in [3.05, 3.63) is 59.4 Å². The van der Waals surface area contributed by atoms with Crippen molar-refractivity contribution in [3.8, 4) is 11.5 Å². The molecule has 1 amide bonds.